The smallest absolute Gasteiger partial charge is 0.274 e. The number of carbonyl (C=O) groups is 1. The van der Waals surface area contributed by atoms with Gasteiger partial charge in [0, 0.05) is 12.1 Å². The lowest BCUT2D eigenvalue weighted by Crippen LogP contribution is -2.18. The summed E-state index contributed by atoms with van der Waals surface area (Å²) in [6, 6.07) is 18.6. The summed E-state index contributed by atoms with van der Waals surface area (Å²) >= 11 is 7.93. The maximum atomic E-state index is 13.2. The van der Waals surface area contributed by atoms with Crippen LogP contribution in [0.25, 0.3) is 16.3 Å². The molecule has 1 amide bonds. The molecule has 2 aromatic heterocycles. The van der Waals surface area contributed by atoms with Crippen LogP contribution in [0.15, 0.2) is 66.0 Å². The molecule has 4 aromatic rings. The Hall–Kier alpha value is -3.29. The molecule has 0 aliphatic carbocycles. The molecule has 6 nitrogen and oxygen atoms in total. The zero-order valence-corrected chi connectivity index (χ0v) is 17.2. The summed E-state index contributed by atoms with van der Waals surface area (Å²) < 4.78 is 12.8. The number of nitrogens with one attached hydrogen (secondary N) is 1. The normalized spacial score (nSPS) is 12.6. The van der Waals surface area contributed by atoms with Gasteiger partial charge in [-0.3, -0.25) is 4.79 Å². The van der Waals surface area contributed by atoms with Crippen molar-refractivity contribution in [3.63, 3.8) is 0 Å². The standard InChI is InChI=1S/C22H16ClN3O3S/c23-15-11-19-20(29-9-8-28-19)13-16(15)24-22(27)18-12-17(21-7-4-10-30-21)25-26(18)14-5-2-1-3-6-14/h1-7,10-13H,8-9H2,(H,24,27). The average Bonchev–Trinajstić information content (AvgIpc) is 3.45. The number of rotatable bonds is 4. The van der Waals surface area contributed by atoms with Crippen molar-refractivity contribution in [2.75, 3.05) is 18.5 Å². The number of fused-ring (bicyclic) bond motifs is 1. The fourth-order valence-corrected chi connectivity index (χ4v) is 4.08. The Bertz CT molecular complexity index is 1210. The lowest BCUT2D eigenvalue weighted by molar-refractivity contribution is 0.101. The molecule has 0 spiro atoms. The first-order valence-corrected chi connectivity index (χ1v) is 10.5. The molecular formula is C22H16ClN3O3S. The van der Waals surface area contributed by atoms with E-state index in [0.29, 0.717) is 41.1 Å². The molecule has 0 atom stereocenters. The number of halogens is 1. The van der Waals surface area contributed by atoms with Crippen LogP contribution in [0.2, 0.25) is 5.02 Å². The lowest BCUT2D eigenvalue weighted by atomic mass is 10.2. The van der Waals surface area contributed by atoms with Gasteiger partial charge in [-0.1, -0.05) is 35.9 Å². The van der Waals surface area contributed by atoms with Gasteiger partial charge in [0.05, 0.1) is 21.3 Å². The molecule has 3 heterocycles. The number of benzene rings is 2. The van der Waals surface area contributed by atoms with Gasteiger partial charge >= 0.3 is 0 Å². The fraction of sp³-hybridized carbons (Fsp3) is 0.0909. The van der Waals surface area contributed by atoms with Crippen LogP contribution in [-0.2, 0) is 0 Å². The number of amides is 1. The molecule has 0 saturated heterocycles. The number of thiophene rings is 1. The quantitative estimate of drug-likeness (QED) is 0.472. The van der Waals surface area contributed by atoms with Crippen LogP contribution in [0.4, 0.5) is 5.69 Å². The van der Waals surface area contributed by atoms with Gasteiger partial charge < -0.3 is 14.8 Å². The van der Waals surface area contributed by atoms with Crippen LogP contribution in [0.5, 0.6) is 11.5 Å². The van der Waals surface area contributed by atoms with Crippen molar-refractivity contribution in [3.05, 3.63) is 76.8 Å². The summed E-state index contributed by atoms with van der Waals surface area (Å²) in [7, 11) is 0. The van der Waals surface area contributed by atoms with Crippen molar-refractivity contribution in [3.8, 4) is 27.8 Å². The predicted octanol–water partition coefficient (Wildman–Crippen LogP) is 5.28. The van der Waals surface area contributed by atoms with E-state index in [0.717, 1.165) is 16.3 Å². The highest BCUT2D eigenvalue weighted by molar-refractivity contribution is 7.13. The minimum absolute atomic E-state index is 0.326. The van der Waals surface area contributed by atoms with Crippen molar-refractivity contribution < 1.29 is 14.3 Å². The first kappa shape index (κ1) is 18.7. The van der Waals surface area contributed by atoms with Crippen molar-refractivity contribution in [2.45, 2.75) is 0 Å². The van der Waals surface area contributed by atoms with Gasteiger partial charge in [-0.05, 0) is 29.6 Å². The molecule has 0 saturated carbocycles. The van der Waals surface area contributed by atoms with Gasteiger partial charge in [-0.25, -0.2) is 4.68 Å². The van der Waals surface area contributed by atoms with Crippen LogP contribution >= 0.6 is 22.9 Å². The fourth-order valence-electron chi connectivity index (χ4n) is 3.20. The Labute approximate surface area is 181 Å². The number of carbonyl (C=O) groups excluding carboxylic acids is 1. The van der Waals surface area contributed by atoms with E-state index in [9.17, 15) is 4.79 Å². The summed E-state index contributed by atoms with van der Waals surface area (Å²) in [4.78, 5) is 14.2. The molecule has 0 unspecified atom stereocenters. The molecule has 1 aliphatic heterocycles. The molecule has 8 heteroatoms. The minimum atomic E-state index is -0.326. The number of hydrogen-bond acceptors (Lipinski definition) is 5. The molecule has 5 rings (SSSR count). The second-order valence-corrected chi connectivity index (χ2v) is 7.92. The number of anilines is 1. The highest BCUT2D eigenvalue weighted by Crippen LogP contribution is 2.38. The van der Waals surface area contributed by atoms with Gasteiger partial charge in [-0.2, -0.15) is 5.10 Å². The zero-order valence-electron chi connectivity index (χ0n) is 15.7. The predicted molar refractivity (Wildman–Crippen MR) is 117 cm³/mol. The summed E-state index contributed by atoms with van der Waals surface area (Å²) in [6.45, 7) is 0.920. The van der Waals surface area contributed by atoms with Gasteiger partial charge in [0.15, 0.2) is 11.5 Å². The van der Waals surface area contributed by atoms with Crippen LogP contribution in [-0.4, -0.2) is 28.9 Å². The van der Waals surface area contributed by atoms with Crippen LogP contribution < -0.4 is 14.8 Å². The summed E-state index contributed by atoms with van der Waals surface area (Å²) in [5, 5.41) is 9.90. The molecular weight excluding hydrogens is 422 g/mol. The van der Waals surface area contributed by atoms with Crippen LogP contribution in [0.1, 0.15) is 10.5 Å². The van der Waals surface area contributed by atoms with E-state index in [-0.39, 0.29) is 5.91 Å². The first-order valence-electron chi connectivity index (χ1n) is 9.29. The van der Waals surface area contributed by atoms with E-state index in [2.05, 4.69) is 10.4 Å². The topological polar surface area (TPSA) is 65.4 Å². The van der Waals surface area contributed by atoms with Crippen LogP contribution in [0.3, 0.4) is 0 Å². The Morgan fingerprint density at radius 1 is 1.03 bits per heavy atom. The van der Waals surface area contributed by atoms with E-state index in [1.807, 2.05) is 47.8 Å². The van der Waals surface area contributed by atoms with E-state index in [4.69, 9.17) is 21.1 Å². The van der Waals surface area contributed by atoms with Gasteiger partial charge in [0.25, 0.3) is 5.91 Å². The third-order valence-corrected chi connectivity index (χ3v) is 5.80. The van der Waals surface area contributed by atoms with Crippen molar-refractivity contribution in [2.24, 2.45) is 0 Å². The Morgan fingerprint density at radius 2 is 1.80 bits per heavy atom. The van der Waals surface area contributed by atoms with Crippen molar-refractivity contribution in [1.82, 2.24) is 9.78 Å². The summed E-state index contributed by atoms with van der Waals surface area (Å²) in [5.74, 6) is 0.795. The summed E-state index contributed by atoms with van der Waals surface area (Å²) in [5.41, 5.74) is 2.37. The highest BCUT2D eigenvalue weighted by atomic mass is 35.5. The summed E-state index contributed by atoms with van der Waals surface area (Å²) in [6.07, 6.45) is 0. The minimum Gasteiger partial charge on any atom is -0.486 e. The Morgan fingerprint density at radius 3 is 2.53 bits per heavy atom. The maximum Gasteiger partial charge on any atom is 0.274 e. The zero-order chi connectivity index (χ0) is 20.5. The lowest BCUT2D eigenvalue weighted by Gasteiger charge is -2.20. The number of nitrogens with zero attached hydrogens (tertiary/aromatic N) is 2. The van der Waals surface area contributed by atoms with Crippen molar-refractivity contribution >= 4 is 34.5 Å². The first-order chi connectivity index (χ1) is 14.7. The van der Waals surface area contributed by atoms with E-state index in [1.165, 1.54) is 0 Å². The molecule has 1 aliphatic rings. The number of ether oxygens (including phenoxy) is 2. The molecule has 1 N–H and O–H groups in total. The second kappa shape index (κ2) is 7.85. The highest BCUT2D eigenvalue weighted by Gasteiger charge is 2.21. The third-order valence-electron chi connectivity index (χ3n) is 4.60. The molecule has 0 radical (unpaired) electrons. The van der Waals surface area contributed by atoms with Gasteiger partial charge in [0.1, 0.15) is 24.6 Å². The molecule has 0 bridgehead atoms. The van der Waals surface area contributed by atoms with Crippen LogP contribution in [0, 0.1) is 0 Å². The third kappa shape index (κ3) is 3.53. The van der Waals surface area contributed by atoms with Crippen molar-refractivity contribution in [1.29, 1.82) is 0 Å². The van der Waals surface area contributed by atoms with Gasteiger partial charge in [0.2, 0.25) is 0 Å². The Balaban J connectivity index is 1.52. The van der Waals surface area contributed by atoms with E-state index in [1.54, 1.807) is 34.2 Å². The maximum absolute atomic E-state index is 13.2. The molecule has 30 heavy (non-hydrogen) atoms. The van der Waals surface area contributed by atoms with E-state index < -0.39 is 0 Å². The monoisotopic (exact) mass is 437 g/mol. The number of para-hydroxylation sites is 1. The molecule has 2 aromatic carbocycles. The second-order valence-electron chi connectivity index (χ2n) is 6.57. The number of aromatic nitrogens is 2. The average molecular weight is 438 g/mol. The molecule has 0 fully saturated rings. The Kier molecular flexibility index (Phi) is 4.90. The molecule has 150 valence electrons. The largest absolute Gasteiger partial charge is 0.486 e. The SMILES string of the molecule is O=C(Nc1cc2c(cc1Cl)OCCO2)c1cc(-c2cccs2)nn1-c1ccccc1. The number of hydrogen-bond donors (Lipinski definition) is 1. The van der Waals surface area contributed by atoms with E-state index >= 15 is 0 Å². The van der Waals surface area contributed by atoms with Gasteiger partial charge in [-0.15, -0.1) is 11.3 Å².